The maximum Gasteiger partial charge on any atom is 0.153 e. The third-order valence-electron chi connectivity index (χ3n) is 4.92. The van der Waals surface area contributed by atoms with E-state index in [2.05, 4.69) is 36.9 Å². The molecule has 1 saturated carbocycles. The van der Waals surface area contributed by atoms with Gasteiger partial charge in [-0.3, -0.25) is 0 Å². The van der Waals surface area contributed by atoms with Crippen molar-refractivity contribution < 1.29 is 0 Å². The van der Waals surface area contributed by atoms with Crippen LogP contribution < -0.4 is 0 Å². The molecule has 1 heteroatoms. The number of benzene rings is 1. The second kappa shape index (κ2) is 5.75. The first-order valence-electron chi connectivity index (χ1n) is 7.75. The van der Waals surface area contributed by atoms with Gasteiger partial charge in [-0.1, -0.05) is 43.3 Å². The molecule has 1 aliphatic carbocycles. The lowest BCUT2D eigenvalue weighted by Crippen LogP contribution is -2.42. The number of hydrogen-bond donors (Lipinski definition) is 0. The zero-order valence-corrected chi connectivity index (χ0v) is 12.7. The lowest BCUT2D eigenvalue weighted by Gasteiger charge is -2.37. The fourth-order valence-corrected chi connectivity index (χ4v) is 7.26. The smallest absolute Gasteiger partial charge is 0.0899 e. The molecule has 2 aliphatic rings. The second-order valence-corrected chi connectivity index (χ2v) is 8.59. The monoisotopic (exact) mass is 273 g/mol. The van der Waals surface area contributed by atoms with Gasteiger partial charge in [-0.2, -0.15) is 0 Å². The van der Waals surface area contributed by atoms with Gasteiger partial charge in [0.25, 0.3) is 0 Å². The van der Waals surface area contributed by atoms with Gasteiger partial charge >= 0.3 is 0 Å². The summed E-state index contributed by atoms with van der Waals surface area (Å²) in [5.74, 6) is 2.93. The summed E-state index contributed by atoms with van der Waals surface area (Å²) >= 11 is 0. The molecule has 3 rings (SSSR count). The Bertz CT molecular complexity index is 422. The van der Waals surface area contributed by atoms with Crippen molar-refractivity contribution in [1.29, 1.82) is 0 Å². The van der Waals surface area contributed by atoms with Crippen LogP contribution in [-0.2, 0) is 10.9 Å². The van der Waals surface area contributed by atoms with E-state index < -0.39 is 0 Å². The van der Waals surface area contributed by atoms with Gasteiger partial charge in [-0.05, 0) is 42.1 Å². The van der Waals surface area contributed by atoms with Crippen LogP contribution in [0.3, 0.4) is 0 Å². The van der Waals surface area contributed by atoms with Crippen LogP contribution in [0.4, 0.5) is 0 Å². The standard InChI is InChI=1S/C18H25S/c1-16(17-10-4-2-5-11-17)18(12-6-3-7-13-18)19-14-8-9-15-19/h2,4-5,10-11H,1,3,6-9,12-15H2/q+1. The molecule has 0 nitrogen and oxygen atoms in total. The predicted molar refractivity (Wildman–Crippen MR) is 87.6 cm³/mol. The van der Waals surface area contributed by atoms with Crippen molar-refractivity contribution in [1.82, 2.24) is 0 Å². The van der Waals surface area contributed by atoms with E-state index in [1.807, 2.05) is 0 Å². The van der Waals surface area contributed by atoms with Gasteiger partial charge in [0.2, 0.25) is 0 Å². The summed E-state index contributed by atoms with van der Waals surface area (Å²) in [6.45, 7) is 4.57. The Morgan fingerprint density at radius 2 is 1.53 bits per heavy atom. The Hall–Kier alpha value is -0.690. The minimum atomic E-state index is 0.454. The Balaban J connectivity index is 1.92. The molecule has 1 heterocycles. The van der Waals surface area contributed by atoms with Gasteiger partial charge in [0, 0.05) is 18.4 Å². The molecule has 0 spiro atoms. The van der Waals surface area contributed by atoms with Gasteiger partial charge in [-0.25, -0.2) is 0 Å². The molecule has 1 aromatic carbocycles. The van der Waals surface area contributed by atoms with Crippen LogP contribution in [0.5, 0.6) is 0 Å². The number of rotatable bonds is 3. The normalized spacial score (nSPS) is 23.4. The highest BCUT2D eigenvalue weighted by Gasteiger charge is 2.51. The first-order valence-corrected chi connectivity index (χ1v) is 9.32. The molecule has 0 amide bonds. The SMILES string of the molecule is C=C(c1ccccc1)C1([S+]2CCCC2)CCCCC1. The van der Waals surface area contributed by atoms with Crippen molar-refractivity contribution in [2.24, 2.45) is 0 Å². The van der Waals surface area contributed by atoms with Gasteiger partial charge < -0.3 is 0 Å². The molecule has 0 aromatic heterocycles. The van der Waals surface area contributed by atoms with Crippen LogP contribution in [0.1, 0.15) is 50.5 Å². The van der Waals surface area contributed by atoms with Crippen molar-refractivity contribution >= 4 is 16.5 Å². The average molecular weight is 273 g/mol. The topological polar surface area (TPSA) is 0 Å². The van der Waals surface area contributed by atoms with E-state index in [1.165, 1.54) is 67.6 Å². The summed E-state index contributed by atoms with van der Waals surface area (Å²) in [5, 5.41) is 0. The predicted octanol–water partition coefficient (Wildman–Crippen LogP) is 4.81. The van der Waals surface area contributed by atoms with Gasteiger partial charge in [0.15, 0.2) is 4.75 Å². The maximum absolute atomic E-state index is 4.57. The van der Waals surface area contributed by atoms with Crippen molar-refractivity contribution in [2.45, 2.75) is 49.7 Å². The Morgan fingerprint density at radius 3 is 2.16 bits per heavy atom. The fourth-order valence-electron chi connectivity index (χ4n) is 3.84. The molecule has 0 unspecified atom stereocenters. The highest BCUT2D eigenvalue weighted by atomic mass is 32.2. The lowest BCUT2D eigenvalue weighted by molar-refractivity contribution is 0.458. The molecule has 102 valence electrons. The molecule has 0 radical (unpaired) electrons. The molecule has 0 N–H and O–H groups in total. The molecule has 1 aliphatic heterocycles. The van der Waals surface area contributed by atoms with E-state index in [-0.39, 0.29) is 0 Å². The fraction of sp³-hybridized carbons (Fsp3) is 0.556. The van der Waals surface area contributed by atoms with Gasteiger partial charge in [0.05, 0.1) is 0 Å². The molecular weight excluding hydrogens is 248 g/mol. The maximum atomic E-state index is 4.57. The van der Waals surface area contributed by atoms with E-state index in [9.17, 15) is 0 Å². The van der Waals surface area contributed by atoms with E-state index in [4.69, 9.17) is 0 Å². The molecule has 19 heavy (non-hydrogen) atoms. The third kappa shape index (κ3) is 2.50. The number of hydrogen-bond acceptors (Lipinski definition) is 0. The minimum absolute atomic E-state index is 0.454. The van der Waals surface area contributed by atoms with Crippen LogP contribution in [0.2, 0.25) is 0 Å². The molecule has 2 fully saturated rings. The summed E-state index contributed by atoms with van der Waals surface area (Å²) in [5.41, 5.74) is 2.85. The van der Waals surface area contributed by atoms with Crippen molar-refractivity contribution in [3.8, 4) is 0 Å². The van der Waals surface area contributed by atoms with Crippen molar-refractivity contribution in [3.63, 3.8) is 0 Å². The highest BCUT2D eigenvalue weighted by molar-refractivity contribution is 7.98. The van der Waals surface area contributed by atoms with Crippen LogP contribution in [0.25, 0.3) is 5.57 Å². The van der Waals surface area contributed by atoms with Crippen LogP contribution in [0.15, 0.2) is 36.9 Å². The summed E-state index contributed by atoms with van der Waals surface area (Å²) in [4.78, 5) is 0. The second-order valence-electron chi connectivity index (χ2n) is 6.01. The highest BCUT2D eigenvalue weighted by Crippen LogP contribution is 2.47. The Labute approximate surface area is 120 Å². The summed E-state index contributed by atoms with van der Waals surface area (Å²) in [6, 6.07) is 11.0. The van der Waals surface area contributed by atoms with Crippen LogP contribution in [-0.4, -0.2) is 16.3 Å². The quantitative estimate of drug-likeness (QED) is 0.693. The Morgan fingerprint density at radius 1 is 0.895 bits per heavy atom. The van der Waals surface area contributed by atoms with Gasteiger partial charge in [-0.15, -0.1) is 0 Å². The largest absolute Gasteiger partial charge is 0.153 e. The van der Waals surface area contributed by atoms with Gasteiger partial charge in [0.1, 0.15) is 11.5 Å². The van der Waals surface area contributed by atoms with Crippen molar-refractivity contribution in [2.75, 3.05) is 11.5 Å². The van der Waals surface area contributed by atoms with Crippen LogP contribution in [0, 0.1) is 0 Å². The Kier molecular flexibility index (Phi) is 4.02. The van der Waals surface area contributed by atoms with Crippen LogP contribution >= 0.6 is 0 Å². The summed E-state index contributed by atoms with van der Waals surface area (Å²) in [7, 11) is 0.598. The first-order chi connectivity index (χ1) is 9.33. The molecular formula is C18H25S+. The molecule has 0 bridgehead atoms. The average Bonchev–Trinajstić information content (AvgIpc) is 3.03. The molecule has 0 atom stereocenters. The third-order valence-corrected chi connectivity index (χ3v) is 8.24. The minimum Gasteiger partial charge on any atom is -0.0899 e. The van der Waals surface area contributed by atoms with Crippen molar-refractivity contribution in [3.05, 3.63) is 42.5 Å². The lowest BCUT2D eigenvalue weighted by atomic mass is 9.80. The zero-order chi connectivity index (χ0) is 13.1. The van der Waals surface area contributed by atoms with E-state index in [0.717, 1.165) is 0 Å². The van der Waals surface area contributed by atoms with E-state index in [0.29, 0.717) is 15.6 Å². The summed E-state index contributed by atoms with van der Waals surface area (Å²) in [6.07, 6.45) is 9.94. The summed E-state index contributed by atoms with van der Waals surface area (Å²) < 4.78 is 0.454. The zero-order valence-electron chi connectivity index (χ0n) is 11.9. The van der Waals surface area contributed by atoms with E-state index >= 15 is 0 Å². The van der Waals surface area contributed by atoms with E-state index in [1.54, 1.807) is 0 Å². The molecule has 1 aromatic rings. The first kappa shape index (κ1) is 13.3. The molecule has 1 saturated heterocycles.